The molecule has 6 heteroatoms. The summed E-state index contributed by atoms with van der Waals surface area (Å²) in [6.45, 7) is 5.44. The largest absolute Gasteiger partial charge is 0.496 e. The quantitative estimate of drug-likeness (QED) is 0.676. The van der Waals surface area contributed by atoms with Gasteiger partial charge in [-0.1, -0.05) is 0 Å². The topological polar surface area (TPSA) is 72.0 Å². The molecule has 0 aromatic heterocycles. The highest BCUT2D eigenvalue weighted by atomic mass is 79.9. The Morgan fingerprint density at radius 3 is 2.31 bits per heavy atom. The van der Waals surface area contributed by atoms with E-state index in [1.165, 1.54) is 6.92 Å². The van der Waals surface area contributed by atoms with Crippen LogP contribution in [-0.4, -0.2) is 24.8 Å². The minimum absolute atomic E-state index is 0.00375. The first-order valence-electron chi connectivity index (χ1n) is 8.42. The van der Waals surface area contributed by atoms with E-state index in [1.54, 1.807) is 31.4 Å². The number of methoxy groups -OCH3 is 1. The Kier molecular flexibility index (Phi) is 6.94. The summed E-state index contributed by atoms with van der Waals surface area (Å²) in [6.07, 6.45) is 0. The van der Waals surface area contributed by atoms with Crippen molar-refractivity contribution < 1.29 is 19.6 Å². The van der Waals surface area contributed by atoms with Gasteiger partial charge in [-0.05, 0) is 79.2 Å². The lowest BCUT2D eigenvalue weighted by atomic mass is 10.1. The van der Waals surface area contributed by atoms with Crippen molar-refractivity contribution >= 4 is 33.3 Å². The van der Waals surface area contributed by atoms with Gasteiger partial charge in [-0.3, -0.25) is 9.59 Å². The number of anilines is 1. The average molecular weight is 420 g/mol. The minimum atomic E-state index is -0.265. The summed E-state index contributed by atoms with van der Waals surface area (Å²) in [5.74, 6) is 0.699. The molecule has 0 fully saturated rings. The fourth-order valence-corrected chi connectivity index (χ4v) is 3.20. The van der Waals surface area contributed by atoms with Crippen molar-refractivity contribution in [3.63, 3.8) is 0 Å². The number of benzene rings is 2. The van der Waals surface area contributed by atoms with Crippen LogP contribution >= 0.6 is 15.9 Å². The van der Waals surface area contributed by atoms with Gasteiger partial charge in [0.25, 0.3) is 5.91 Å². The van der Waals surface area contributed by atoms with Crippen LogP contribution in [-0.2, 0) is 4.79 Å². The van der Waals surface area contributed by atoms with E-state index in [-0.39, 0.29) is 23.8 Å². The van der Waals surface area contributed by atoms with Crippen LogP contribution in [0.1, 0.15) is 42.7 Å². The lowest BCUT2D eigenvalue weighted by Crippen LogP contribution is -2.91. The molecule has 0 saturated heterocycles. The molecule has 5 nitrogen and oxygen atoms in total. The SMILES string of the molecule is COc1ccc([C@H](C)[NH2+][C@H](C)C(=O)Nc2ccc(C(C)=O)cc2)cc1Br. The van der Waals surface area contributed by atoms with Crippen molar-refractivity contribution in [2.45, 2.75) is 32.9 Å². The number of Topliss-reactive ketones (excluding diaryl/α,β-unsaturated/α-hetero) is 1. The number of amides is 1. The van der Waals surface area contributed by atoms with Gasteiger partial charge in [0, 0.05) is 16.8 Å². The lowest BCUT2D eigenvalue weighted by Gasteiger charge is -2.17. The molecule has 0 aliphatic heterocycles. The molecule has 0 radical (unpaired) electrons. The molecule has 3 N–H and O–H groups in total. The third-order valence-corrected chi connectivity index (χ3v) is 4.87. The molecule has 2 atom stereocenters. The van der Waals surface area contributed by atoms with E-state index in [2.05, 4.69) is 28.2 Å². The van der Waals surface area contributed by atoms with E-state index in [9.17, 15) is 9.59 Å². The number of halogens is 1. The Hall–Kier alpha value is -2.18. The maximum absolute atomic E-state index is 12.4. The first-order valence-corrected chi connectivity index (χ1v) is 9.21. The fourth-order valence-electron chi connectivity index (χ4n) is 2.64. The Bertz CT molecular complexity index is 790. The first-order chi connectivity index (χ1) is 12.3. The fraction of sp³-hybridized carbons (Fsp3) is 0.300. The molecule has 0 aliphatic rings. The zero-order chi connectivity index (χ0) is 19.3. The summed E-state index contributed by atoms with van der Waals surface area (Å²) in [7, 11) is 1.63. The third-order valence-electron chi connectivity index (χ3n) is 4.25. The number of hydrogen-bond donors (Lipinski definition) is 2. The molecule has 0 unspecified atom stereocenters. The van der Waals surface area contributed by atoms with Crippen LogP contribution in [0.15, 0.2) is 46.9 Å². The Balaban J connectivity index is 1.97. The van der Waals surface area contributed by atoms with Crippen molar-refractivity contribution in [3.8, 4) is 5.75 Å². The van der Waals surface area contributed by atoms with Gasteiger partial charge in [0.2, 0.25) is 0 Å². The van der Waals surface area contributed by atoms with Gasteiger partial charge in [0.1, 0.15) is 11.8 Å². The molecule has 1 amide bonds. The molecule has 2 aromatic rings. The van der Waals surface area contributed by atoms with Crippen LogP contribution in [0.5, 0.6) is 5.75 Å². The molecule has 0 saturated carbocycles. The number of carbonyl (C=O) groups is 2. The molecule has 0 spiro atoms. The number of rotatable bonds is 7. The number of ether oxygens (including phenoxy) is 1. The molecule has 0 heterocycles. The van der Waals surface area contributed by atoms with Gasteiger partial charge in [0.05, 0.1) is 11.6 Å². The number of nitrogens with two attached hydrogens (primary N) is 1. The van der Waals surface area contributed by atoms with Crippen molar-refractivity contribution in [1.29, 1.82) is 0 Å². The Labute approximate surface area is 162 Å². The molecule has 138 valence electrons. The predicted molar refractivity (Wildman–Crippen MR) is 106 cm³/mol. The number of ketones is 1. The van der Waals surface area contributed by atoms with Gasteiger partial charge >= 0.3 is 0 Å². The van der Waals surface area contributed by atoms with Crippen molar-refractivity contribution in [1.82, 2.24) is 0 Å². The van der Waals surface area contributed by atoms with E-state index in [1.807, 2.05) is 30.4 Å². The highest BCUT2D eigenvalue weighted by Gasteiger charge is 2.21. The summed E-state index contributed by atoms with van der Waals surface area (Å²) in [4.78, 5) is 23.7. The second kappa shape index (κ2) is 8.96. The number of nitrogens with one attached hydrogen (secondary N) is 1. The van der Waals surface area contributed by atoms with Crippen molar-refractivity contribution in [2.24, 2.45) is 0 Å². The highest BCUT2D eigenvalue weighted by Crippen LogP contribution is 2.27. The van der Waals surface area contributed by atoms with Crippen molar-refractivity contribution in [2.75, 3.05) is 12.4 Å². The van der Waals surface area contributed by atoms with E-state index in [4.69, 9.17) is 4.74 Å². The number of carbonyl (C=O) groups excluding carboxylic acids is 2. The van der Waals surface area contributed by atoms with E-state index in [0.717, 1.165) is 15.8 Å². The molecule has 2 aromatic carbocycles. The van der Waals surface area contributed by atoms with E-state index < -0.39 is 0 Å². The minimum Gasteiger partial charge on any atom is -0.496 e. The van der Waals surface area contributed by atoms with Gasteiger partial charge in [-0.25, -0.2) is 0 Å². The summed E-state index contributed by atoms with van der Waals surface area (Å²) in [5, 5.41) is 4.89. The second-order valence-corrected chi connectivity index (χ2v) is 7.14. The molecule has 0 aliphatic carbocycles. The predicted octanol–water partition coefficient (Wildman–Crippen LogP) is 3.31. The van der Waals surface area contributed by atoms with Gasteiger partial charge < -0.3 is 15.4 Å². The monoisotopic (exact) mass is 419 g/mol. The van der Waals surface area contributed by atoms with Gasteiger partial charge in [0.15, 0.2) is 11.8 Å². The van der Waals surface area contributed by atoms with Gasteiger partial charge in [-0.2, -0.15) is 0 Å². The van der Waals surface area contributed by atoms with Crippen LogP contribution in [0.25, 0.3) is 0 Å². The number of quaternary nitrogens is 1. The maximum Gasteiger partial charge on any atom is 0.282 e. The summed E-state index contributed by atoms with van der Waals surface area (Å²) >= 11 is 3.49. The molecule has 2 rings (SSSR count). The van der Waals surface area contributed by atoms with Crippen LogP contribution in [0.2, 0.25) is 0 Å². The third kappa shape index (κ3) is 5.16. The molecule has 0 bridgehead atoms. The smallest absolute Gasteiger partial charge is 0.282 e. The van der Waals surface area contributed by atoms with Crippen LogP contribution in [0.4, 0.5) is 5.69 Å². The molecule has 26 heavy (non-hydrogen) atoms. The normalized spacial score (nSPS) is 13.0. The number of hydrogen-bond acceptors (Lipinski definition) is 3. The zero-order valence-corrected chi connectivity index (χ0v) is 17.0. The highest BCUT2D eigenvalue weighted by molar-refractivity contribution is 9.10. The van der Waals surface area contributed by atoms with E-state index in [0.29, 0.717) is 11.3 Å². The second-order valence-electron chi connectivity index (χ2n) is 6.29. The van der Waals surface area contributed by atoms with Crippen LogP contribution in [0.3, 0.4) is 0 Å². The Morgan fingerprint density at radius 2 is 1.77 bits per heavy atom. The summed E-state index contributed by atoms with van der Waals surface area (Å²) in [6, 6.07) is 12.7. The Morgan fingerprint density at radius 1 is 1.12 bits per heavy atom. The van der Waals surface area contributed by atoms with Crippen LogP contribution in [0, 0.1) is 0 Å². The molecular weight excluding hydrogens is 396 g/mol. The zero-order valence-electron chi connectivity index (χ0n) is 15.4. The standard InChI is InChI=1S/C20H23BrN2O3/c1-12(16-7-10-19(26-4)18(21)11-16)22-13(2)20(25)23-17-8-5-15(6-9-17)14(3)24/h5-13,22H,1-4H3,(H,23,25)/p+1/t12-,13+/m0/s1. The summed E-state index contributed by atoms with van der Waals surface area (Å²) in [5.41, 5.74) is 2.41. The van der Waals surface area contributed by atoms with Gasteiger partial charge in [-0.15, -0.1) is 0 Å². The maximum atomic E-state index is 12.4. The molecular formula is C20H24BrN2O3+. The lowest BCUT2D eigenvalue weighted by molar-refractivity contribution is -0.709. The summed E-state index contributed by atoms with van der Waals surface area (Å²) < 4.78 is 6.14. The first kappa shape index (κ1) is 20.1. The van der Waals surface area contributed by atoms with Crippen LogP contribution < -0.4 is 15.4 Å². The van der Waals surface area contributed by atoms with E-state index >= 15 is 0 Å². The van der Waals surface area contributed by atoms with Crippen molar-refractivity contribution in [3.05, 3.63) is 58.1 Å². The average Bonchev–Trinajstić information content (AvgIpc) is 2.61.